The minimum Gasteiger partial charge on any atom is -0.490 e. The minimum absolute atomic E-state index is 0.200. The first-order valence-electron chi connectivity index (χ1n) is 11.4. The number of hydrogen-bond acceptors (Lipinski definition) is 8. The molecular weight excluding hydrogens is 476 g/mol. The van der Waals surface area contributed by atoms with E-state index < -0.39 is 17.9 Å². The summed E-state index contributed by atoms with van der Waals surface area (Å²) >= 11 is 0. The van der Waals surface area contributed by atoms with E-state index in [9.17, 15) is 14.4 Å². The second-order valence-corrected chi connectivity index (χ2v) is 8.04. The molecule has 0 radical (unpaired) electrons. The van der Waals surface area contributed by atoms with Crippen LogP contribution in [0.3, 0.4) is 0 Å². The van der Waals surface area contributed by atoms with Crippen LogP contribution in [0.15, 0.2) is 97.6 Å². The zero-order valence-corrected chi connectivity index (χ0v) is 19.9. The number of cyclic esters (lactones) is 1. The van der Waals surface area contributed by atoms with Crippen LogP contribution in [0.25, 0.3) is 11.1 Å². The predicted molar refractivity (Wildman–Crippen MR) is 134 cm³/mol. The maximum absolute atomic E-state index is 12.5. The largest absolute Gasteiger partial charge is 0.490 e. The van der Waals surface area contributed by atoms with Crippen LogP contribution in [0.2, 0.25) is 0 Å². The molecule has 8 heteroatoms. The van der Waals surface area contributed by atoms with Crippen molar-refractivity contribution < 1.29 is 38.1 Å². The fourth-order valence-corrected chi connectivity index (χ4v) is 3.44. The Kier molecular flexibility index (Phi) is 8.00. The molecular formula is C29H24O8. The standard InChI is InChI=1S/C29H24O8/c1-3-27(30)35-18-34-24-10-4-20(5-11-24)21-6-14-25(15-7-21)36-29(32)22-8-12-23(13-9-22)33-17-26-16-19(2)28(31)37-26/h3-15,26H,1-2,16-18H2. The first-order chi connectivity index (χ1) is 17.9. The number of rotatable bonds is 10. The molecule has 0 spiro atoms. The van der Waals surface area contributed by atoms with Crippen molar-refractivity contribution in [3.63, 3.8) is 0 Å². The van der Waals surface area contributed by atoms with Gasteiger partial charge in [0, 0.05) is 18.1 Å². The molecule has 8 nitrogen and oxygen atoms in total. The number of carbonyl (C=O) groups is 3. The van der Waals surface area contributed by atoms with Crippen LogP contribution in [-0.4, -0.2) is 37.4 Å². The summed E-state index contributed by atoms with van der Waals surface area (Å²) in [5, 5.41) is 0. The van der Waals surface area contributed by atoms with Gasteiger partial charge in [-0.25, -0.2) is 14.4 Å². The Labute approximate surface area is 213 Å². The van der Waals surface area contributed by atoms with E-state index in [1.165, 1.54) is 0 Å². The first-order valence-corrected chi connectivity index (χ1v) is 11.4. The zero-order chi connectivity index (χ0) is 26.2. The summed E-state index contributed by atoms with van der Waals surface area (Å²) in [6, 6.07) is 20.9. The van der Waals surface area contributed by atoms with Crippen molar-refractivity contribution in [2.24, 2.45) is 0 Å². The molecule has 37 heavy (non-hydrogen) atoms. The highest BCUT2D eigenvalue weighted by atomic mass is 16.7. The summed E-state index contributed by atoms with van der Waals surface area (Å²) in [5.74, 6) is 0.0488. The van der Waals surface area contributed by atoms with Crippen molar-refractivity contribution in [2.75, 3.05) is 13.4 Å². The number of carbonyl (C=O) groups excluding carboxylic acids is 3. The molecule has 0 saturated carbocycles. The molecule has 1 atom stereocenters. The Morgan fingerprint density at radius 1 is 0.865 bits per heavy atom. The van der Waals surface area contributed by atoms with Crippen LogP contribution in [-0.2, 0) is 19.1 Å². The normalized spacial score (nSPS) is 14.4. The number of ether oxygens (including phenoxy) is 5. The third-order valence-corrected chi connectivity index (χ3v) is 5.41. The Morgan fingerprint density at radius 2 is 1.43 bits per heavy atom. The highest BCUT2D eigenvalue weighted by Gasteiger charge is 2.27. The van der Waals surface area contributed by atoms with Gasteiger partial charge in [0.15, 0.2) is 0 Å². The van der Waals surface area contributed by atoms with Gasteiger partial charge >= 0.3 is 17.9 Å². The van der Waals surface area contributed by atoms with E-state index in [1.54, 1.807) is 48.5 Å². The second-order valence-electron chi connectivity index (χ2n) is 8.04. The molecule has 1 unspecified atom stereocenters. The van der Waals surface area contributed by atoms with Crippen LogP contribution in [0.5, 0.6) is 17.2 Å². The minimum atomic E-state index is -0.555. The van der Waals surface area contributed by atoms with E-state index >= 15 is 0 Å². The monoisotopic (exact) mass is 500 g/mol. The third kappa shape index (κ3) is 6.85. The summed E-state index contributed by atoms with van der Waals surface area (Å²) in [4.78, 5) is 34.9. The predicted octanol–water partition coefficient (Wildman–Crippen LogP) is 4.89. The highest BCUT2D eigenvalue weighted by molar-refractivity contribution is 5.91. The van der Waals surface area contributed by atoms with E-state index in [4.69, 9.17) is 23.7 Å². The lowest BCUT2D eigenvalue weighted by Gasteiger charge is -2.11. The van der Waals surface area contributed by atoms with Gasteiger partial charge in [-0.05, 0) is 59.7 Å². The summed E-state index contributed by atoms with van der Waals surface area (Å²) in [6.45, 7) is 6.97. The van der Waals surface area contributed by atoms with Crippen LogP contribution in [0.4, 0.5) is 0 Å². The molecule has 1 aliphatic rings. The Morgan fingerprint density at radius 3 is 2.00 bits per heavy atom. The van der Waals surface area contributed by atoms with E-state index in [0.29, 0.717) is 34.8 Å². The average Bonchev–Trinajstić information content (AvgIpc) is 3.25. The lowest BCUT2D eigenvalue weighted by atomic mass is 10.1. The third-order valence-electron chi connectivity index (χ3n) is 5.41. The van der Waals surface area contributed by atoms with Gasteiger partial charge in [0.2, 0.25) is 6.79 Å². The van der Waals surface area contributed by atoms with Gasteiger partial charge in [-0.1, -0.05) is 37.4 Å². The number of hydrogen-bond donors (Lipinski definition) is 0. The van der Waals surface area contributed by atoms with Crippen LogP contribution in [0, 0.1) is 0 Å². The summed E-state index contributed by atoms with van der Waals surface area (Å²) < 4.78 is 26.4. The quantitative estimate of drug-likeness (QED) is 0.168. The van der Waals surface area contributed by atoms with E-state index in [1.807, 2.05) is 24.3 Å². The van der Waals surface area contributed by atoms with Gasteiger partial charge in [0.25, 0.3) is 0 Å². The van der Waals surface area contributed by atoms with Gasteiger partial charge in [-0.15, -0.1) is 0 Å². The molecule has 3 aromatic carbocycles. The van der Waals surface area contributed by atoms with Gasteiger partial charge in [0.1, 0.15) is 30.0 Å². The molecule has 0 amide bonds. The molecule has 0 bridgehead atoms. The maximum Gasteiger partial charge on any atom is 0.343 e. The smallest absolute Gasteiger partial charge is 0.343 e. The first kappa shape index (κ1) is 25.2. The molecule has 1 aliphatic heterocycles. The van der Waals surface area contributed by atoms with Gasteiger partial charge in [-0.3, -0.25) is 0 Å². The fourth-order valence-electron chi connectivity index (χ4n) is 3.44. The number of benzene rings is 3. The molecule has 1 heterocycles. The van der Waals surface area contributed by atoms with Gasteiger partial charge in [0.05, 0.1) is 5.56 Å². The lowest BCUT2D eigenvalue weighted by Crippen LogP contribution is -2.17. The summed E-state index contributed by atoms with van der Waals surface area (Å²) in [7, 11) is 0. The van der Waals surface area contributed by atoms with Crippen molar-refractivity contribution in [1.82, 2.24) is 0 Å². The molecule has 4 rings (SSSR count). The molecule has 0 aromatic heterocycles. The van der Waals surface area contributed by atoms with E-state index in [-0.39, 0.29) is 19.5 Å². The molecule has 1 saturated heterocycles. The van der Waals surface area contributed by atoms with Crippen molar-refractivity contribution in [2.45, 2.75) is 12.5 Å². The van der Waals surface area contributed by atoms with Crippen molar-refractivity contribution >= 4 is 17.9 Å². The van der Waals surface area contributed by atoms with Crippen molar-refractivity contribution in [3.05, 3.63) is 103 Å². The van der Waals surface area contributed by atoms with Crippen LogP contribution >= 0.6 is 0 Å². The number of esters is 3. The summed E-state index contributed by atoms with van der Waals surface area (Å²) in [6.07, 6.45) is 1.15. The van der Waals surface area contributed by atoms with Gasteiger partial charge < -0.3 is 23.7 Å². The molecule has 188 valence electrons. The average molecular weight is 501 g/mol. The fraction of sp³-hybridized carbons (Fsp3) is 0.138. The van der Waals surface area contributed by atoms with Gasteiger partial charge in [-0.2, -0.15) is 0 Å². The van der Waals surface area contributed by atoms with Crippen LogP contribution < -0.4 is 14.2 Å². The SMILES string of the molecule is C=CC(=O)OCOc1ccc(-c2ccc(OC(=O)c3ccc(OCC4CC(=C)C(=O)O4)cc3)cc2)cc1. The van der Waals surface area contributed by atoms with E-state index in [2.05, 4.69) is 13.2 Å². The van der Waals surface area contributed by atoms with E-state index in [0.717, 1.165) is 17.2 Å². The Bertz CT molecular complexity index is 1280. The van der Waals surface area contributed by atoms with Crippen molar-refractivity contribution in [3.8, 4) is 28.4 Å². The van der Waals surface area contributed by atoms with Crippen LogP contribution in [0.1, 0.15) is 16.8 Å². The summed E-state index contributed by atoms with van der Waals surface area (Å²) in [5.41, 5.74) is 2.66. The highest BCUT2D eigenvalue weighted by Crippen LogP contribution is 2.25. The Balaban J connectivity index is 1.27. The molecule has 0 N–H and O–H groups in total. The lowest BCUT2D eigenvalue weighted by molar-refractivity contribution is -0.144. The molecule has 1 fully saturated rings. The molecule has 0 aliphatic carbocycles. The van der Waals surface area contributed by atoms with Crippen molar-refractivity contribution in [1.29, 1.82) is 0 Å². The maximum atomic E-state index is 12.5. The zero-order valence-electron chi connectivity index (χ0n) is 19.9. The topological polar surface area (TPSA) is 97.4 Å². The Hall–Kier alpha value is -4.85. The molecule has 3 aromatic rings. The second kappa shape index (κ2) is 11.7.